The average Bonchev–Trinajstić information content (AvgIpc) is 3.30. The van der Waals surface area contributed by atoms with Crippen LogP contribution < -0.4 is 10.9 Å². The lowest BCUT2D eigenvalue weighted by atomic mass is 10.1. The first-order valence-corrected chi connectivity index (χ1v) is 11.3. The molecular weight excluding hydrogens is 504 g/mol. The molecule has 2 N–H and O–H groups in total. The Morgan fingerprint density at radius 1 is 1.12 bits per heavy atom. The molecule has 172 valence electrons. The number of hydrogen-bond acceptors (Lipinski definition) is 6. The Hall–Kier alpha value is -3.27. The number of fused-ring (bicyclic) bond motifs is 2. The number of anilines is 1. The Morgan fingerprint density at radius 3 is 2.62 bits per heavy atom. The van der Waals surface area contributed by atoms with Crippen LogP contribution in [0, 0.1) is 5.82 Å². The molecule has 12 heteroatoms. The normalized spacial score (nSPS) is 12.4. The summed E-state index contributed by atoms with van der Waals surface area (Å²) < 4.78 is 15.5. The van der Waals surface area contributed by atoms with E-state index in [1.54, 1.807) is 18.2 Å². The number of benzene rings is 2. The van der Waals surface area contributed by atoms with Crippen molar-refractivity contribution in [2.75, 3.05) is 5.32 Å². The van der Waals surface area contributed by atoms with Crippen molar-refractivity contribution in [3.05, 3.63) is 80.0 Å². The van der Waals surface area contributed by atoms with Gasteiger partial charge in [0.05, 0.1) is 44.0 Å². The van der Waals surface area contributed by atoms with E-state index in [0.29, 0.717) is 29.2 Å². The molecule has 0 saturated heterocycles. The Labute approximate surface area is 206 Å². The Bertz CT molecular complexity index is 1600. The topological polar surface area (TPSA) is 101 Å². The van der Waals surface area contributed by atoms with Gasteiger partial charge >= 0.3 is 0 Å². The maximum absolute atomic E-state index is 14.3. The second kappa shape index (κ2) is 8.83. The van der Waals surface area contributed by atoms with E-state index in [-0.39, 0.29) is 31.7 Å². The standard InChI is InChI=1S/C22H15Cl3FN7O/c1-2-13(31-20-17-19(28-8-27-17)29-9-30-20)21-32-14-7-6-12(26)16(25)15(14)22(34)33(21)18-10(23)4-3-5-11(18)24/h3-9,13H,2H2,1H3,(H2,27,28,29,30,31)/t13-/m1/s1. The number of halogens is 4. The summed E-state index contributed by atoms with van der Waals surface area (Å²) in [5.74, 6) is 0.00561. The largest absolute Gasteiger partial charge is 0.358 e. The quantitative estimate of drug-likeness (QED) is 0.309. The van der Waals surface area contributed by atoms with Crippen LogP contribution in [0.3, 0.4) is 0 Å². The molecule has 0 spiro atoms. The monoisotopic (exact) mass is 517 g/mol. The number of aromatic amines is 1. The fourth-order valence-electron chi connectivity index (χ4n) is 3.76. The molecule has 0 aliphatic carbocycles. The van der Waals surface area contributed by atoms with Crippen LogP contribution >= 0.6 is 34.8 Å². The minimum absolute atomic E-state index is 0.0759. The molecule has 1 atom stereocenters. The molecule has 0 aliphatic heterocycles. The van der Waals surface area contributed by atoms with Crippen molar-refractivity contribution < 1.29 is 4.39 Å². The molecule has 2 aromatic carbocycles. The zero-order valence-electron chi connectivity index (χ0n) is 17.5. The zero-order chi connectivity index (χ0) is 24.0. The van der Waals surface area contributed by atoms with Crippen LogP contribution in [0.1, 0.15) is 25.2 Å². The Balaban J connectivity index is 1.81. The number of rotatable bonds is 5. The van der Waals surface area contributed by atoms with E-state index in [9.17, 15) is 9.18 Å². The fraction of sp³-hybridized carbons (Fsp3) is 0.136. The third kappa shape index (κ3) is 3.66. The third-order valence-corrected chi connectivity index (χ3v) is 6.34. The van der Waals surface area contributed by atoms with Gasteiger partial charge < -0.3 is 10.3 Å². The number of para-hydroxylation sites is 1. The maximum Gasteiger partial charge on any atom is 0.267 e. The average molecular weight is 519 g/mol. The number of nitrogens with zero attached hydrogens (tertiary/aromatic N) is 5. The highest BCUT2D eigenvalue weighted by Gasteiger charge is 2.25. The van der Waals surface area contributed by atoms with Crippen LogP contribution in [0.5, 0.6) is 0 Å². The number of nitrogens with one attached hydrogen (secondary N) is 2. The van der Waals surface area contributed by atoms with Gasteiger partial charge in [-0.15, -0.1) is 0 Å². The van der Waals surface area contributed by atoms with Crippen LogP contribution in [-0.4, -0.2) is 29.5 Å². The van der Waals surface area contributed by atoms with Gasteiger partial charge in [-0.1, -0.05) is 47.8 Å². The number of imidazole rings is 1. The van der Waals surface area contributed by atoms with Gasteiger partial charge in [0, 0.05) is 0 Å². The Kier molecular flexibility index (Phi) is 5.85. The van der Waals surface area contributed by atoms with Crippen LogP contribution in [0.2, 0.25) is 15.1 Å². The predicted molar refractivity (Wildman–Crippen MR) is 131 cm³/mol. The van der Waals surface area contributed by atoms with Crippen LogP contribution in [0.25, 0.3) is 27.8 Å². The summed E-state index contributed by atoms with van der Waals surface area (Å²) in [6.07, 6.45) is 3.39. The van der Waals surface area contributed by atoms with Gasteiger partial charge in [-0.25, -0.2) is 24.3 Å². The molecule has 8 nitrogen and oxygen atoms in total. The van der Waals surface area contributed by atoms with Crippen molar-refractivity contribution in [2.24, 2.45) is 0 Å². The summed E-state index contributed by atoms with van der Waals surface area (Å²) in [4.78, 5) is 34.1. The predicted octanol–water partition coefficient (Wildman–Crippen LogP) is 5.71. The molecule has 0 amide bonds. The van der Waals surface area contributed by atoms with E-state index in [1.165, 1.54) is 29.4 Å². The summed E-state index contributed by atoms with van der Waals surface area (Å²) in [6, 6.07) is 6.89. The molecule has 3 heterocycles. The molecule has 3 aromatic heterocycles. The minimum Gasteiger partial charge on any atom is -0.358 e. The molecule has 0 saturated carbocycles. The first-order valence-electron chi connectivity index (χ1n) is 10.2. The Morgan fingerprint density at radius 2 is 1.88 bits per heavy atom. The van der Waals surface area contributed by atoms with Gasteiger partial charge in [-0.05, 0) is 30.7 Å². The van der Waals surface area contributed by atoms with Crippen molar-refractivity contribution in [3.8, 4) is 5.69 Å². The second-order valence-corrected chi connectivity index (χ2v) is 8.56. The lowest BCUT2D eigenvalue weighted by molar-refractivity contribution is 0.628. The molecule has 0 aliphatic rings. The summed E-state index contributed by atoms with van der Waals surface area (Å²) in [5.41, 5.74) is 0.920. The molecule has 0 fully saturated rings. The van der Waals surface area contributed by atoms with Crippen LogP contribution in [-0.2, 0) is 0 Å². The van der Waals surface area contributed by atoms with Gasteiger partial charge in [-0.3, -0.25) is 9.36 Å². The van der Waals surface area contributed by atoms with Crippen LogP contribution in [0.4, 0.5) is 10.2 Å². The summed E-state index contributed by atoms with van der Waals surface area (Å²) in [7, 11) is 0. The number of hydrogen-bond donors (Lipinski definition) is 2. The number of H-pyrrole nitrogens is 1. The maximum atomic E-state index is 14.3. The van der Waals surface area contributed by atoms with E-state index in [4.69, 9.17) is 39.8 Å². The summed E-state index contributed by atoms with van der Waals surface area (Å²) >= 11 is 19.1. The first-order chi connectivity index (χ1) is 16.4. The smallest absolute Gasteiger partial charge is 0.267 e. The SMILES string of the molecule is CC[C@@H](Nc1ncnc2[nH]cnc12)c1nc2ccc(F)c(Cl)c2c(=O)n1-c1c(Cl)cccc1Cl. The van der Waals surface area contributed by atoms with Gasteiger partial charge in [-0.2, -0.15) is 0 Å². The first kappa shape index (κ1) is 22.5. The molecule has 5 rings (SSSR count). The zero-order valence-corrected chi connectivity index (χ0v) is 19.7. The van der Waals surface area contributed by atoms with Crippen molar-refractivity contribution in [1.29, 1.82) is 0 Å². The van der Waals surface area contributed by atoms with Crippen LogP contribution in [0.15, 0.2) is 47.8 Å². The van der Waals surface area contributed by atoms with E-state index in [2.05, 4.69) is 25.3 Å². The lowest BCUT2D eigenvalue weighted by Crippen LogP contribution is -2.29. The molecule has 5 aromatic rings. The van der Waals surface area contributed by atoms with Crippen molar-refractivity contribution in [3.63, 3.8) is 0 Å². The molecule has 0 unspecified atom stereocenters. The van der Waals surface area contributed by atoms with E-state index < -0.39 is 17.4 Å². The third-order valence-electron chi connectivity index (χ3n) is 5.36. The van der Waals surface area contributed by atoms with Crippen molar-refractivity contribution >= 4 is 62.7 Å². The highest BCUT2D eigenvalue weighted by atomic mass is 35.5. The van der Waals surface area contributed by atoms with Gasteiger partial charge in [0.1, 0.15) is 23.5 Å². The lowest BCUT2D eigenvalue weighted by Gasteiger charge is -2.23. The minimum atomic E-state index is -0.732. The number of aromatic nitrogens is 6. The van der Waals surface area contributed by atoms with Gasteiger partial charge in [0.2, 0.25) is 0 Å². The summed E-state index contributed by atoms with van der Waals surface area (Å²) in [6.45, 7) is 1.91. The molecule has 0 bridgehead atoms. The fourth-order valence-corrected chi connectivity index (χ4v) is 4.57. The van der Waals surface area contributed by atoms with Crippen molar-refractivity contribution in [1.82, 2.24) is 29.5 Å². The highest BCUT2D eigenvalue weighted by Crippen LogP contribution is 2.33. The van der Waals surface area contributed by atoms with E-state index in [1.807, 2.05) is 6.92 Å². The van der Waals surface area contributed by atoms with E-state index in [0.717, 1.165) is 0 Å². The second-order valence-electron chi connectivity index (χ2n) is 7.36. The van der Waals surface area contributed by atoms with Gasteiger partial charge in [0.25, 0.3) is 5.56 Å². The molecule has 0 radical (unpaired) electrons. The van der Waals surface area contributed by atoms with Crippen molar-refractivity contribution in [2.45, 2.75) is 19.4 Å². The molecule has 34 heavy (non-hydrogen) atoms. The molecular formula is C22H15Cl3FN7O. The highest BCUT2D eigenvalue weighted by molar-refractivity contribution is 6.38. The summed E-state index contributed by atoms with van der Waals surface area (Å²) in [5, 5.41) is 3.33. The van der Waals surface area contributed by atoms with E-state index >= 15 is 0 Å². The van der Waals surface area contributed by atoms with Gasteiger partial charge in [0.15, 0.2) is 11.5 Å².